The van der Waals surface area contributed by atoms with Crippen molar-refractivity contribution < 1.29 is 4.39 Å². The maximum atomic E-state index is 15.0. The highest BCUT2D eigenvalue weighted by Gasteiger charge is 2.23. The predicted octanol–water partition coefficient (Wildman–Crippen LogP) is 4.19. The maximum Gasteiger partial charge on any atom is 0.263 e. The summed E-state index contributed by atoms with van der Waals surface area (Å²) in [5.74, 6) is 1.66. The molecule has 1 aliphatic rings. The first-order chi connectivity index (χ1) is 15.5. The van der Waals surface area contributed by atoms with Crippen LogP contribution in [-0.2, 0) is 19.6 Å². The topological polar surface area (TPSA) is 68.8 Å². The molecule has 0 bridgehead atoms. The van der Waals surface area contributed by atoms with Gasteiger partial charge in [-0.15, -0.1) is 0 Å². The van der Waals surface area contributed by atoms with E-state index in [9.17, 15) is 9.18 Å². The van der Waals surface area contributed by atoms with Gasteiger partial charge in [-0.05, 0) is 31.5 Å². The van der Waals surface area contributed by atoms with Crippen LogP contribution < -0.4 is 10.5 Å². The Hall–Kier alpha value is -3.26. The molecule has 0 aliphatic carbocycles. The third-order valence-corrected chi connectivity index (χ3v) is 6.05. The minimum atomic E-state index is -0.528. The highest BCUT2D eigenvalue weighted by molar-refractivity contribution is 6.30. The minimum Gasteiger partial charge on any atom is -0.347 e. The molecule has 0 saturated heterocycles. The number of halogens is 2. The Morgan fingerprint density at radius 1 is 1.19 bits per heavy atom. The third-order valence-electron chi connectivity index (χ3n) is 5.82. The molecule has 0 saturated carbocycles. The fraction of sp³-hybridized carbons (Fsp3) is 0.304. The van der Waals surface area contributed by atoms with Gasteiger partial charge in [0.2, 0.25) is 0 Å². The monoisotopic (exact) mass is 452 g/mol. The molecule has 7 nitrogen and oxygen atoms in total. The van der Waals surface area contributed by atoms with E-state index >= 15 is 0 Å². The van der Waals surface area contributed by atoms with Crippen LogP contribution in [0.1, 0.15) is 25.0 Å². The first-order valence-corrected chi connectivity index (χ1v) is 11.0. The predicted molar refractivity (Wildman–Crippen MR) is 123 cm³/mol. The SMILES string of the molecule is CCCn1c(C)nc2cc(N3CCn4ccnc4C3)nc(-c3ccc(Cl)cc3F)c2c1=O. The summed E-state index contributed by atoms with van der Waals surface area (Å²) < 4.78 is 18.7. The zero-order valence-corrected chi connectivity index (χ0v) is 18.6. The van der Waals surface area contributed by atoms with Gasteiger partial charge in [0.1, 0.15) is 23.3 Å². The van der Waals surface area contributed by atoms with Gasteiger partial charge >= 0.3 is 0 Å². The van der Waals surface area contributed by atoms with Crippen LogP contribution in [0.15, 0.2) is 41.5 Å². The molecule has 32 heavy (non-hydrogen) atoms. The molecule has 5 rings (SSSR count). The van der Waals surface area contributed by atoms with Gasteiger partial charge in [0.25, 0.3) is 5.56 Å². The fourth-order valence-electron chi connectivity index (χ4n) is 4.23. The summed E-state index contributed by atoms with van der Waals surface area (Å²) in [5.41, 5.74) is 0.795. The van der Waals surface area contributed by atoms with E-state index in [-0.39, 0.29) is 21.8 Å². The molecular weight excluding hydrogens is 431 g/mol. The van der Waals surface area contributed by atoms with Crippen molar-refractivity contribution in [1.29, 1.82) is 0 Å². The highest BCUT2D eigenvalue weighted by atomic mass is 35.5. The summed E-state index contributed by atoms with van der Waals surface area (Å²) in [7, 11) is 0. The molecule has 1 aliphatic heterocycles. The number of hydrogen-bond donors (Lipinski definition) is 0. The van der Waals surface area contributed by atoms with E-state index in [0.717, 1.165) is 25.3 Å². The Morgan fingerprint density at radius 2 is 2.03 bits per heavy atom. The van der Waals surface area contributed by atoms with Crippen molar-refractivity contribution in [2.45, 2.75) is 39.9 Å². The van der Waals surface area contributed by atoms with Gasteiger partial charge in [0.05, 0.1) is 23.1 Å². The van der Waals surface area contributed by atoms with Crippen molar-refractivity contribution in [1.82, 2.24) is 24.1 Å². The second-order valence-corrected chi connectivity index (χ2v) is 8.36. The van der Waals surface area contributed by atoms with E-state index in [0.29, 0.717) is 35.6 Å². The molecule has 0 spiro atoms. The van der Waals surface area contributed by atoms with Gasteiger partial charge in [0.15, 0.2) is 0 Å². The largest absolute Gasteiger partial charge is 0.347 e. The lowest BCUT2D eigenvalue weighted by molar-refractivity contribution is 0.556. The standard InChI is InChI=1S/C23H22ClFN6O/c1-3-7-31-14(2)27-18-12-19(30-10-9-29-8-6-26-20(29)13-30)28-22(21(18)23(31)32)16-5-4-15(24)11-17(16)25/h4-6,8,11-12H,3,7,9-10,13H2,1-2H3. The number of nitrogens with zero attached hydrogens (tertiary/aromatic N) is 6. The summed E-state index contributed by atoms with van der Waals surface area (Å²) in [4.78, 5) is 29.4. The molecule has 4 heterocycles. The number of pyridine rings is 1. The Labute approximate surface area is 189 Å². The summed E-state index contributed by atoms with van der Waals surface area (Å²) in [6.07, 6.45) is 4.52. The average Bonchev–Trinajstić information content (AvgIpc) is 3.24. The van der Waals surface area contributed by atoms with E-state index in [1.165, 1.54) is 6.07 Å². The molecule has 0 unspecified atom stereocenters. The number of benzene rings is 1. The second kappa shape index (κ2) is 8.02. The Bertz CT molecular complexity index is 1400. The van der Waals surface area contributed by atoms with Crippen molar-refractivity contribution in [3.63, 3.8) is 0 Å². The Morgan fingerprint density at radius 3 is 2.81 bits per heavy atom. The summed E-state index contributed by atoms with van der Waals surface area (Å²) >= 11 is 5.98. The van der Waals surface area contributed by atoms with Crippen LogP contribution >= 0.6 is 11.6 Å². The molecule has 9 heteroatoms. The second-order valence-electron chi connectivity index (χ2n) is 7.92. The molecule has 0 atom stereocenters. The highest BCUT2D eigenvalue weighted by Crippen LogP contribution is 2.32. The number of hydrogen-bond acceptors (Lipinski definition) is 5. The average molecular weight is 453 g/mol. The van der Waals surface area contributed by atoms with Crippen LogP contribution in [0.5, 0.6) is 0 Å². The maximum absolute atomic E-state index is 15.0. The molecular formula is C23H22ClFN6O. The fourth-order valence-corrected chi connectivity index (χ4v) is 4.39. The number of imidazole rings is 1. The van der Waals surface area contributed by atoms with E-state index in [1.54, 1.807) is 22.9 Å². The van der Waals surface area contributed by atoms with E-state index in [2.05, 4.69) is 14.5 Å². The summed E-state index contributed by atoms with van der Waals surface area (Å²) in [6, 6.07) is 6.22. The molecule has 4 aromatic rings. The lowest BCUT2D eigenvalue weighted by atomic mass is 10.1. The normalized spacial score (nSPS) is 13.6. The van der Waals surface area contributed by atoms with Crippen LogP contribution in [0.25, 0.3) is 22.2 Å². The van der Waals surface area contributed by atoms with E-state index in [1.807, 2.05) is 26.1 Å². The van der Waals surface area contributed by atoms with Gasteiger partial charge in [0, 0.05) is 48.7 Å². The summed E-state index contributed by atoms with van der Waals surface area (Å²) in [5, 5.41) is 0.597. The molecule has 1 aromatic carbocycles. The molecule has 0 fully saturated rings. The van der Waals surface area contributed by atoms with Crippen molar-refractivity contribution in [3.05, 3.63) is 69.5 Å². The molecule has 0 radical (unpaired) electrons. The summed E-state index contributed by atoms with van der Waals surface area (Å²) in [6.45, 7) is 6.40. The Balaban J connectivity index is 1.76. The van der Waals surface area contributed by atoms with Crippen LogP contribution in [0.2, 0.25) is 5.02 Å². The van der Waals surface area contributed by atoms with E-state index < -0.39 is 5.82 Å². The number of aromatic nitrogens is 5. The van der Waals surface area contributed by atoms with E-state index in [4.69, 9.17) is 21.6 Å². The first kappa shape index (κ1) is 20.6. The lowest BCUT2D eigenvalue weighted by Crippen LogP contribution is -2.34. The number of fused-ring (bicyclic) bond motifs is 2. The molecule has 0 amide bonds. The zero-order chi connectivity index (χ0) is 22.4. The van der Waals surface area contributed by atoms with Crippen LogP contribution in [0, 0.1) is 12.7 Å². The molecule has 0 N–H and O–H groups in total. The van der Waals surface area contributed by atoms with Crippen molar-refractivity contribution in [3.8, 4) is 11.3 Å². The number of anilines is 1. The van der Waals surface area contributed by atoms with Gasteiger partial charge in [-0.3, -0.25) is 9.36 Å². The number of rotatable bonds is 4. The zero-order valence-electron chi connectivity index (χ0n) is 17.8. The van der Waals surface area contributed by atoms with Gasteiger partial charge in [-0.2, -0.15) is 0 Å². The van der Waals surface area contributed by atoms with Crippen molar-refractivity contribution in [2.24, 2.45) is 0 Å². The lowest BCUT2D eigenvalue weighted by Gasteiger charge is -2.29. The molecule has 3 aromatic heterocycles. The van der Waals surface area contributed by atoms with Crippen molar-refractivity contribution >= 4 is 28.3 Å². The third kappa shape index (κ3) is 3.44. The van der Waals surface area contributed by atoms with Gasteiger partial charge in [-0.25, -0.2) is 19.3 Å². The van der Waals surface area contributed by atoms with Gasteiger partial charge in [-0.1, -0.05) is 18.5 Å². The Kier molecular flexibility index (Phi) is 5.17. The van der Waals surface area contributed by atoms with Crippen LogP contribution in [0.4, 0.5) is 10.2 Å². The molecule has 164 valence electrons. The smallest absolute Gasteiger partial charge is 0.263 e. The first-order valence-electron chi connectivity index (χ1n) is 10.6. The van der Waals surface area contributed by atoms with Crippen LogP contribution in [-0.4, -0.2) is 30.6 Å². The quantitative estimate of drug-likeness (QED) is 0.464. The minimum absolute atomic E-state index is 0.216. The van der Waals surface area contributed by atoms with Crippen LogP contribution in [0.3, 0.4) is 0 Å². The van der Waals surface area contributed by atoms with Crippen molar-refractivity contribution in [2.75, 3.05) is 11.4 Å². The van der Waals surface area contributed by atoms with Gasteiger partial charge < -0.3 is 9.47 Å². The number of aryl methyl sites for hydroxylation is 1.